The summed E-state index contributed by atoms with van der Waals surface area (Å²) in [6.45, 7) is 5.33. The van der Waals surface area contributed by atoms with Crippen LogP contribution in [0.25, 0.3) is 16.6 Å². The summed E-state index contributed by atoms with van der Waals surface area (Å²) in [5, 5.41) is 3.99. The lowest BCUT2D eigenvalue weighted by Gasteiger charge is -2.19. The van der Waals surface area contributed by atoms with Crippen molar-refractivity contribution in [2.24, 2.45) is 0 Å². The topological polar surface area (TPSA) is 56.1 Å². The van der Waals surface area contributed by atoms with E-state index in [4.69, 9.17) is 9.72 Å². The number of rotatable bonds is 6. The maximum Gasteiger partial charge on any atom is 0.266 e. The van der Waals surface area contributed by atoms with Crippen molar-refractivity contribution in [1.29, 1.82) is 0 Å². The number of aromatic nitrogens is 2. The zero-order valence-electron chi connectivity index (χ0n) is 14.8. The number of hydrogen-bond donors (Lipinski definition) is 1. The van der Waals surface area contributed by atoms with Crippen molar-refractivity contribution in [3.05, 3.63) is 70.3 Å². The molecule has 0 saturated heterocycles. The van der Waals surface area contributed by atoms with E-state index in [0.29, 0.717) is 29.9 Å². The van der Waals surface area contributed by atoms with Gasteiger partial charge in [0.15, 0.2) is 0 Å². The smallest absolute Gasteiger partial charge is 0.266 e. The van der Waals surface area contributed by atoms with E-state index in [-0.39, 0.29) is 11.6 Å². The fourth-order valence-electron chi connectivity index (χ4n) is 2.85. The van der Waals surface area contributed by atoms with Gasteiger partial charge in [-0.05, 0) is 38.1 Å². The first-order valence-corrected chi connectivity index (χ1v) is 8.43. The molecule has 0 fully saturated rings. The highest BCUT2D eigenvalue weighted by Gasteiger charge is 2.17. The molecule has 3 aromatic rings. The van der Waals surface area contributed by atoms with Gasteiger partial charge in [0.25, 0.3) is 5.56 Å². The van der Waals surface area contributed by atoms with Gasteiger partial charge in [0.1, 0.15) is 5.82 Å². The third-order valence-electron chi connectivity index (χ3n) is 4.24. The fraction of sp³-hybridized carbons (Fsp3) is 0.300. The highest BCUT2D eigenvalue weighted by Crippen LogP contribution is 2.18. The van der Waals surface area contributed by atoms with Gasteiger partial charge in [0.2, 0.25) is 0 Å². The van der Waals surface area contributed by atoms with Gasteiger partial charge in [-0.3, -0.25) is 9.36 Å². The Morgan fingerprint density at radius 3 is 2.60 bits per heavy atom. The van der Waals surface area contributed by atoms with Gasteiger partial charge in [0, 0.05) is 13.7 Å². The average Bonchev–Trinajstić information content (AvgIpc) is 2.63. The molecule has 0 unspecified atom stereocenters. The van der Waals surface area contributed by atoms with Gasteiger partial charge in [-0.15, -0.1) is 0 Å². The SMILES string of the molecule is COCCN[C@@H](C)c1nc2ccccc2c(=O)n1-c1ccc(C)cc1. The molecule has 0 aliphatic carbocycles. The van der Waals surface area contributed by atoms with Crippen molar-refractivity contribution in [3.8, 4) is 5.69 Å². The van der Waals surface area contributed by atoms with Crippen molar-refractivity contribution in [2.45, 2.75) is 19.9 Å². The second-order valence-corrected chi connectivity index (χ2v) is 6.13. The highest BCUT2D eigenvalue weighted by molar-refractivity contribution is 5.77. The number of fused-ring (bicyclic) bond motifs is 1. The second kappa shape index (κ2) is 7.59. The number of aryl methyl sites for hydroxylation is 1. The standard InChI is InChI=1S/C20H23N3O2/c1-14-8-10-16(11-9-14)23-19(15(2)21-12-13-25-3)22-18-7-5-4-6-17(18)20(23)24/h4-11,15,21H,12-13H2,1-3H3/t15-/m0/s1. The van der Waals surface area contributed by atoms with Crippen LogP contribution in [0.2, 0.25) is 0 Å². The Bertz CT molecular complexity index is 916. The molecule has 2 aromatic carbocycles. The summed E-state index contributed by atoms with van der Waals surface area (Å²) >= 11 is 0. The number of hydrogen-bond acceptors (Lipinski definition) is 4. The van der Waals surface area contributed by atoms with E-state index >= 15 is 0 Å². The summed E-state index contributed by atoms with van der Waals surface area (Å²) in [6.07, 6.45) is 0. The second-order valence-electron chi connectivity index (χ2n) is 6.13. The van der Waals surface area contributed by atoms with Crippen LogP contribution in [0.1, 0.15) is 24.4 Å². The number of benzene rings is 2. The predicted octanol–water partition coefficient (Wildman–Crippen LogP) is 2.99. The molecule has 0 bridgehead atoms. The first-order valence-electron chi connectivity index (χ1n) is 8.43. The van der Waals surface area contributed by atoms with Crippen LogP contribution in [-0.4, -0.2) is 29.8 Å². The van der Waals surface area contributed by atoms with Gasteiger partial charge in [0.05, 0.1) is 29.2 Å². The third-order valence-corrected chi connectivity index (χ3v) is 4.24. The van der Waals surface area contributed by atoms with Crippen LogP contribution in [0.4, 0.5) is 0 Å². The van der Waals surface area contributed by atoms with E-state index in [1.54, 1.807) is 11.7 Å². The Balaban J connectivity index is 2.17. The number of nitrogens with zero attached hydrogens (tertiary/aromatic N) is 2. The third kappa shape index (κ3) is 3.62. The molecule has 1 aromatic heterocycles. The van der Waals surface area contributed by atoms with E-state index in [2.05, 4.69) is 5.32 Å². The summed E-state index contributed by atoms with van der Waals surface area (Å²) in [7, 11) is 1.67. The molecule has 5 heteroatoms. The van der Waals surface area contributed by atoms with E-state index in [9.17, 15) is 4.79 Å². The van der Waals surface area contributed by atoms with Crippen molar-refractivity contribution in [3.63, 3.8) is 0 Å². The molecule has 0 amide bonds. The predicted molar refractivity (Wildman–Crippen MR) is 100 cm³/mol. The van der Waals surface area contributed by atoms with Crippen LogP contribution in [0.5, 0.6) is 0 Å². The zero-order valence-corrected chi connectivity index (χ0v) is 14.8. The van der Waals surface area contributed by atoms with Crippen molar-refractivity contribution in [2.75, 3.05) is 20.3 Å². The summed E-state index contributed by atoms with van der Waals surface area (Å²) in [5.74, 6) is 0.698. The molecule has 0 radical (unpaired) electrons. The van der Waals surface area contributed by atoms with Gasteiger partial charge in [-0.25, -0.2) is 4.98 Å². The Morgan fingerprint density at radius 1 is 1.16 bits per heavy atom. The molecule has 0 saturated carbocycles. The normalized spacial score (nSPS) is 12.4. The lowest BCUT2D eigenvalue weighted by atomic mass is 10.2. The van der Waals surface area contributed by atoms with E-state index < -0.39 is 0 Å². The number of nitrogens with one attached hydrogen (secondary N) is 1. The Kier molecular flexibility index (Phi) is 5.26. The molecule has 1 heterocycles. The highest BCUT2D eigenvalue weighted by atomic mass is 16.5. The maximum absolute atomic E-state index is 13.1. The molecule has 0 aliphatic rings. The lowest BCUT2D eigenvalue weighted by Crippen LogP contribution is -2.31. The summed E-state index contributed by atoms with van der Waals surface area (Å²) in [5.41, 5.74) is 2.64. The fourth-order valence-corrected chi connectivity index (χ4v) is 2.85. The quantitative estimate of drug-likeness (QED) is 0.703. The van der Waals surface area contributed by atoms with Gasteiger partial charge in [-0.2, -0.15) is 0 Å². The van der Waals surface area contributed by atoms with Crippen molar-refractivity contribution < 1.29 is 4.74 Å². The number of para-hydroxylation sites is 1. The minimum atomic E-state index is -0.0891. The lowest BCUT2D eigenvalue weighted by molar-refractivity contribution is 0.196. The van der Waals surface area contributed by atoms with Crippen LogP contribution in [-0.2, 0) is 4.74 Å². The van der Waals surface area contributed by atoms with Crippen molar-refractivity contribution in [1.82, 2.24) is 14.9 Å². The van der Waals surface area contributed by atoms with Crippen LogP contribution < -0.4 is 10.9 Å². The molecule has 0 aliphatic heterocycles. The molecule has 0 spiro atoms. The Labute approximate surface area is 147 Å². The van der Waals surface area contributed by atoms with Crippen molar-refractivity contribution >= 4 is 10.9 Å². The molecule has 1 N–H and O–H groups in total. The van der Waals surface area contributed by atoms with Crippen LogP contribution >= 0.6 is 0 Å². The first-order chi connectivity index (χ1) is 12.1. The van der Waals surface area contributed by atoms with Gasteiger partial charge >= 0.3 is 0 Å². The van der Waals surface area contributed by atoms with Crippen LogP contribution in [0.15, 0.2) is 53.3 Å². The minimum Gasteiger partial charge on any atom is -0.383 e. The Hall–Kier alpha value is -2.50. The molecule has 5 nitrogen and oxygen atoms in total. The molecule has 25 heavy (non-hydrogen) atoms. The summed E-state index contributed by atoms with van der Waals surface area (Å²) in [4.78, 5) is 17.9. The van der Waals surface area contributed by atoms with Gasteiger partial charge in [-0.1, -0.05) is 29.8 Å². The van der Waals surface area contributed by atoms with E-state index in [1.807, 2.05) is 62.4 Å². The van der Waals surface area contributed by atoms with Gasteiger partial charge < -0.3 is 10.1 Å². The monoisotopic (exact) mass is 337 g/mol. The van der Waals surface area contributed by atoms with E-state index in [0.717, 1.165) is 11.3 Å². The molecule has 3 rings (SSSR count). The minimum absolute atomic E-state index is 0.0511. The van der Waals surface area contributed by atoms with Crippen LogP contribution in [0, 0.1) is 6.92 Å². The molecular formula is C20H23N3O2. The molecule has 130 valence electrons. The maximum atomic E-state index is 13.1. The Morgan fingerprint density at radius 2 is 1.88 bits per heavy atom. The van der Waals surface area contributed by atoms with Crippen LogP contribution in [0.3, 0.4) is 0 Å². The number of methoxy groups -OCH3 is 1. The number of ether oxygens (including phenoxy) is 1. The largest absolute Gasteiger partial charge is 0.383 e. The average molecular weight is 337 g/mol. The summed E-state index contributed by atoms with van der Waals surface area (Å²) in [6, 6.07) is 15.3. The molecular weight excluding hydrogens is 314 g/mol. The summed E-state index contributed by atoms with van der Waals surface area (Å²) < 4.78 is 6.80. The first kappa shape index (κ1) is 17.3. The molecule has 1 atom stereocenters. The zero-order chi connectivity index (χ0) is 17.8. The van der Waals surface area contributed by atoms with E-state index in [1.165, 1.54) is 0 Å².